The zero-order valence-corrected chi connectivity index (χ0v) is 19.3. The Balaban J connectivity index is 1.95. The molecule has 170 valence electrons. The molecule has 9 nitrogen and oxygen atoms in total. The second kappa shape index (κ2) is 7.79. The molecular formula is C22H10Cl2N2O7S. The van der Waals surface area contributed by atoms with Crippen LogP contribution in [0.15, 0.2) is 40.0 Å². The SMILES string of the molecule is CCOc1ccc2c(c1)S/C(=c1\c(=O)c3cc([N+](=O)[O-])c(Cl)c4c(Cl)c([N+](=O)[O-])cc1c43)C2=O. The van der Waals surface area contributed by atoms with Crippen LogP contribution in [-0.4, -0.2) is 22.2 Å². The first-order valence-corrected chi connectivity index (χ1v) is 11.3. The molecule has 1 aliphatic heterocycles. The second-order valence-electron chi connectivity index (χ2n) is 7.33. The molecule has 0 atom stereocenters. The molecule has 0 aromatic heterocycles. The molecule has 1 aliphatic rings. The number of thioether (sulfide) groups is 1. The number of hydrogen-bond donors (Lipinski definition) is 0. The number of benzene rings is 3. The van der Waals surface area contributed by atoms with Crippen molar-refractivity contribution in [3.63, 3.8) is 0 Å². The van der Waals surface area contributed by atoms with Crippen molar-refractivity contribution >= 4 is 78.6 Å². The van der Waals surface area contributed by atoms with Gasteiger partial charge in [-0.25, -0.2) is 0 Å². The molecule has 0 radical (unpaired) electrons. The molecule has 0 aliphatic carbocycles. The number of rotatable bonds is 4. The summed E-state index contributed by atoms with van der Waals surface area (Å²) in [5.41, 5.74) is -1.53. The number of Topliss-reactive ketones (excluding diaryl/α,β-unsaturated/α-hetero) is 1. The van der Waals surface area contributed by atoms with Crippen molar-refractivity contribution in [2.75, 3.05) is 6.61 Å². The number of fused-ring (bicyclic) bond motifs is 1. The first-order chi connectivity index (χ1) is 16.1. The fraction of sp³-hybridized carbons (Fsp3) is 0.0909. The third kappa shape index (κ3) is 3.03. The number of ketones is 1. The number of carbonyl (C=O) groups is 1. The van der Waals surface area contributed by atoms with Crippen molar-refractivity contribution in [2.24, 2.45) is 0 Å². The number of nitro groups is 2. The van der Waals surface area contributed by atoms with Crippen LogP contribution in [0.4, 0.5) is 11.4 Å². The van der Waals surface area contributed by atoms with Crippen LogP contribution in [-0.2, 0) is 0 Å². The van der Waals surface area contributed by atoms with Gasteiger partial charge in [0.05, 0.1) is 21.4 Å². The van der Waals surface area contributed by atoms with Gasteiger partial charge in [-0.05, 0) is 25.1 Å². The summed E-state index contributed by atoms with van der Waals surface area (Å²) in [5, 5.41) is 22.3. The van der Waals surface area contributed by atoms with Crippen molar-refractivity contribution in [1.82, 2.24) is 0 Å². The first-order valence-electron chi connectivity index (χ1n) is 9.71. The number of carbonyl (C=O) groups excluding carboxylic acids is 1. The van der Waals surface area contributed by atoms with Gasteiger partial charge < -0.3 is 4.74 Å². The molecule has 0 saturated carbocycles. The Morgan fingerprint density at radius 3 is 2.15 bits per heavy atom. The van der Waals surface area contributed by atoms with Gasteiger partial charge in [0, 0.05) is 49.4 Å². The molecule has 0 unspecified atom stereocenters. The average molecular weight is 517 g/mol. The van der Waals surface area contributed by atoms with Crippen molar-refractivity contribution < 1.29 is 19.4 Å². The average Bonchev–Trinajstić information content (AvgIpc) is 3.24. The molecule has 5 rings (SSSR count). The molecule has 0 N–H and O–H groups in total. The van der Waals surface area contributed by atoms with Gasteiger partial charge in [-0.1, -0.05) is 35.0 Å². The van der Waals surface area contributed by atoms with Crippen molar-refractivity contribution in [2.45, 2.75) is 11.8 Å². The minimum Gasteiger partial charge on any atom is -0.494 e. The van der Waals surface area contributed by atoms with Gasteiger partial charge in [-0.15, -0.1) is 0 Å². The van der Waals surface area contributed by atoms with Crippen LogP contribution >= 0.6 is 35.0 Å². The maximum atomic E-state index is 13.5. The lowest BCUT2D eigenvalue weighted by atomic mass is 10.0. The highest BCUT2D eigenvalue weighted by atomic mass is 35.5. The summed E-state index contributed by atoms with van der Waals surface area (Å²) in [7, 11) is 0. The van der Waals surface area contributed by atoms with E-state index < -0.39 is 42.5 Å². The molecule has 4 aromatic carbocycles. The molecule has 0 spiro atoms. The smallest absolute Gasteiger partial charge is 0.289 e. The van der Waals surface area contributed by atoms with Gasteiger partial charge in [-0.3, -0.25) is 29.8 Å². The summed E-state index contributed by atoms with van der Waals surface area (Å²) in [6.07, 6.45) is 0. The van der Waals surface area contributed by atoms with Gasteiger partial charge in [0.2, 0.25) is 5.78 Å². The van der Waals surface area contributed by atoms with Gasteiger partial charge >= 0.3 is 0 Å². The number of nitrogens with zero attached hydrogens (tertiary/aromatic N) is 2. The van der Waals surface area contributed by atoms with Crippen LogP contribution in [0.1, 0.15) is 17.3 Å². The number of ether oxygens (including phenoxy) is 1. The monoisotopic (exact) mass is 516 g/mol. The summed E-state index contributed by atoms with van der Waals surface area (Å²) in [6.45, 7) is 2.24. The van der Waals surface area contributed by atoms with E-state index in [1.165, 1.54) is 0 Å². The minimum absolute atomic E-state index is 0.0570. The summed E-state index contributed by atoms with van der Waals surface area (Å²) in [6, 6.07) is 7.00. The number of nitro benzene ring substituents is 2. The number of halogens is 2. The topological polar surface area (TPSA) is 130 Å². The molecule has 0 amide bonds. The Labute approximate surface area is 203 Å². The summed E-state index contributed by atoms with van der Waals surface area (Å²) >= 11 is 13.5. The normalized spacial score (nSPS) is 14.7. The highest BCUT2D eigenvalue weighted by Gasteiger charge is 2.33. The van der Waals surface area contributed by atoms with E-state index in [2.05, 4.69) is 0 Å². The molecule has 34 heavy (non-hydrogen) atoms. The molecule has 0 bridgehead atoms. The van der Waals surface area contributed by atoms with E-state index in [4.69, 9.17) is 27.9 Å². The predicted molar refractivity (Wildman–Crippen MR) is 129 cm³/mol. The fourth-order valence-corrected chi connectivity index (χ4v) is 5.98. The van der Waals surface area contributed by atoms with E-state index in [9.17, 15) is 29.8 Å². The van der Waals surface area contributed by atoms with E-state index >= 15 is 0 Å². The molecule has 4 aromatic rings. The molecule has 0 saturated heterocycles. The standard InChI is InChI=1S/C22H10Cl2N2O7S/c1-2-33-8-3-4-9-14(5-8)34-22(21(9)28)16-10-6-12(25(29)30)18(23)17-15(10)11(20(16)27)7-13(19(17)24)26(31)32/h3-7H,2H2,1H3/b22-16-. The van der Waals surface area contributed by atoms with Crippen molar-refractivity contribution in [1.29, 1.82) is 0 Å². The van der Waals surface area contributed by atoms with Crippen LogP contribution in [0.25, 0.3) is 26.5 Å². The fourth-order valence-electron chi connectivity index (χ4n) is 4.13. The molecule has 12 heteroatoms. The Morgan fingerprint density at radius 1 is 0.941 bits per heavy atom. The van der Waals surface area contributed by atoms with Crippen molar-refractivity contribution in [3.05, 3.63) is 81.6 Å². The van der Waals surface area contributed by atoms with E-state index in [1.54, 1.807) is 18.2 Å². The zero-order chi connectivity index (χ0) is 24.5. The highest BCUT2D eigenvalue weighted by molar-refractivity contribution is 8.10. The predicted octanol–water partition coefficient (Wildman–Crippen LogP) is 5.13. The Bertz CT molecular complexity index is 1710. The van der Waals surface area contributed by atoms with Crippen LogP contribution in [0, 0.1) is 20.2 Å². The summed E-state index contributed by atoms with van der Waals surface area (Å²) in [5.74, 6) is 0.103. The van der Waals surface area contributed by atoms with E-state index in [1.807, 2.05) is 6.92 Å². The Morgan fingerprint density at radius 2 is 1.56 bits per heavy atom. The second-order valence-corrected chi connectivity index (χ2v) is 9.14. The molecule has 1 heterocycles. The van der Waals surface area contributed by atoms with E-state index in [0.717, 1.165) is 23.9 Å². The van der Waals surface area contributed by atoms with Crippen molar-refractivity contribution in [3.8, 4) is 5.75 Å². The van der Waals surface area contributed by atoms with Gasteiger partial charge in [0.15, 0.2) is 5.43 Å². The lowest BCUT2D eigenvalue weighted by Crippen LogP contribution is -2.23. The largest absolute Gasteiger partial charge is 0.494 e. The molecular weight excluding hydrogens is 507 g/mol. The Hall–Kier alpha value is -3.47. The van der Waals surface area contributed by atoms with Crippen LogP contribution in [0.5, 0.6) is 5.75 Å². The van der Waals surface area contributed by atoms with Gasteiger partial charge in [0.25, 0.3) is 11.4 Å². The maximum absolute atomic E-state index is 13.5. The third-order valence-corrected chi connectivity index (χ3v) is 7.44. The zero-order valence-electron chi connectivity index (χ0n) is 17.0. The van der Waals surface area contributed by atoms with E-state index in [-0.39, 0.29) is 31.7 Å². The lowest BCUT2D eigenvalue weighted by Gasteiger charge is -2.06. The van der Waals surface area contributed by atoms with Crippen LogP contribution < -0.4 is 15.4 Å². The quantitative estimate of drug-likeness (QED) is 0.269. The number of hydrogen-bond acceptors (Lipinski definition) is 8. The minimum atomic E-state index is -0.799. The van der Waals surface area contributed by atoms with Crippen LogP contribution in [0.2, 0.25) is 10.0 Å². The highest BCUT2D eigenvalue weighted by Crippen LogP contribution is 2.46. The Kier molecular flexibility index (Phi) is 5.12. The first kappa shape index (κ1) is 22.3. The third-order valence-electron chi connectivity index (χ3n) is 5.53. The molecule has 0 fully saturated rings. The summed E-state index contributed by atoms with van der Waals surface area (Å²) < 4.78 is 5.47. The lowest BCUT2D eigenvalue weighted by molar-refractivity contribution is -0.384. The van der Waals surface area contributed by atoms with Gasteiger partial charge in [-0.2, -0.15) is 0 Å². The van der Waals surface area contributed by atoms with E-state index in [0.29, 0.717) is 22.8 Å². The van der Waals surface area contributed by atoms with Crippen LogP contribution in [0.3, 0.4) is 0 Å². The maximum Gasteiger partial charge on any atom is 0.289 e. The summed E-state index contributed by atoms with van der Waals surface area (Å²) in [4.78, 5) is 49.0. The van der Waals surface area contributed by atoms with Gasteiger partial charge in [0.1, 0.15) is 15.8 Å².